The summed E-state index contributed by atoms with van der Waals surface area (Å²) in [6, 6.07) is 14.0. The number of nitrogens with zero attached hydrogens (tertiary/aromatic N) is 1. The summed E-state index contributed by atoms with van der Waals surface area (Å²) in [5.74, 6) is 0.899. The number of nitrogens with one attached hydrogen (secondary N) is 3. The smallest absolute Gasteiger partial charge is 0.279 e. The highest BCUT2D eigenvalue weighted by molar-refractivity contribution is 5.91. The van der Waals surface area contributed by atoms with Crippen molar-refractivity contribution in [1.82, 2.24) is 9.97 Å². The Kier molecular flexibility index (Phi) is 4.67. The molecule has 1 aliphatic heterocycles. The van der Waals surface area contributed by atoms with E-state index in [1.54, 1.807) is 12.1 Å². The number of quaternary nitrogens is 1. The first kappa shape index (κ1) is 16.7. The van der Waals surface area contributed by atoms with Gasteiger partial charge in [-0.3, -0.25) is 4.79 Å². The molecule has 134 valence electrons. The van der Waals surface area contributed by atoms with Gasteiger partial charge in [-0.05, 0) is 43.2 Å². The van der Waals surface area contributed by atoms with Gasteiger partial charge in [0.05, 0.1) is 30.0 Å². The monoisotopic (exact) mass is 353 g/mol. The second kappa shape index (κ2) is 7.25. The normalized spacial score (nSPS) is 20.2. The molecule has 2 aromatic carbocycles. The molecule has 26 heavy (non-hydrogen) atoms. The van der Waals surface area contributed by atoms with E-state index in [-0.39, 0.29) is 11.7 Å². The summed E-state index contributed by atoms with van der Waals surface area (Å²) in [4.78, 5) is 21.7. The van der Waals surface area contributed by atoms with E-state index in [9.17, 15) is 9.18 Å². The van der Waals surface area contributed by atoms with Gasteiger partial charge in [0, 0.05) is 5.69 Å². The molecule has 0 spiro atoms. The predicted octanol–water partition coefficient (Wildman–Crippen LogP) is 2.10. The van der Waals surface area contributed by atoms with Crippen LogP contribution < -0.4 is 10.2 Å². The van der Waals surface area contributed by atoms with Gasteiger partial charge < -0.3 is 15.2 Å². The van der Waals surface area contributed by atoms with Crippen LogP contribution in [0, 0.1) is 5.82 Å². The zero-order valence-corrected chi connectivity index (χ0v) is 14.5. The number of aromatic nitrogens is 2. The number of benzene rings is 2. The van der Waals surface area contributed by atoms with Crippen LogP contribution in [0.2, 0.25) is 0 Å². The third-order valence-corrected chi connectivity index (χ3v) is 4.93. The van der Waals surface area contributed by atoms with E-state index in [2.05, 4.69) is 10.3 Å². The number of carbonyl (C=O) groups is 1. The molecule has 2 atom stereocenters. The molecule has 0 radical (unpaired) electrons. The Labute approximate surface area is 151 Å². The number of hydrogen-bond donors (Lipinski definition) is 3. The van der Waals surface area contributed by atoms with E-state index in [0.29, 0.717) is 18.2 Å². The molecule has 4 rings (SSSR count). The van der Waals surface area contributed by atoms with Crippen LogP contribution in [-0.2, 0) is 4.79 Å². The molecule has 1 aliphatic rings. The number of amides is 1. The van der Waals surface area contributed by atoms with Crippen LogP contribution in [0.15, 0.2) is 48.5 Å². The lowest BCUT2D eigenvalue weighted by Crippen LogP contribution is -3.14. The van der Waals surface area contributed by atoms with Crippen LogP contribution in [0.25, 0.3) is 11.0 Å². The summed E-state index contributed by atoms with van der Waals surface area (Å²) >= 11 is 0. The number of imidazole rings is 1. The molecule has 0 saturated carbocycles. The second-order valence-corrected chi connectivity index (χ2v) is 6.92. The Morgan fingerprint density at radius 2 is 2.15 bits per heavy atom. The fourth-order valence-electron chi connectivity index (χ4n) is 3.71. The van der Waals surface area contributed by atoms with E-state index >= 15 is 0 Å². The largest absolute Gasteiger partial charge is 0.342 e. The maximum atomic E-state index is 13.2. The van der Waals surface area contributed by atoms with Crippen molar-refractivity contribution in [2.45, 2.75) is 18.8 Å². The quantitative estimate of drug-likeness (QED) is 0.673. The first-order valence-corrected chi connectivity index (χ1v) is 9.01. The first-order chi connectivity index (χ1) is 12.7. The number of halogens is 1. The fraction of sp³-hybridized carbons (Fsp3) is 0.300. The lowest BCUT2D eigenvalue weighted by atomic mass is 9.97. The van der Waals surface area contributed by atoms with Crippen LogP contribution in [0.3, 0.4) is 0 Å². The number of H-pyrrole nitrogens is 1. The summed E-state index contributed by atoms with van der Waals surface area (Å²) in [6.45, 7) is 2.22. The summed E-state index contributed by atoms with van der Waals surface area (Å²) < 4.78 is 13.2. The van der Waals surface area contributed by atoms with Crippen LogP contribution in [0.5, 0.6) is 0 Å². The van der Waals surface area contributed by atoms with E-state index < -0.39 is 0 Å². The van der Waals surface area contributed by atoms with Gasteiger partial charge in [0.1, 0.15) is 11.6 Å². The van der Waals surface area contributed by atoms with E-state index in [0.717, 1.165) is 42.8 Å². The van der Waals surface area contributed by atoms with Crippen LogP contribution in [0.4, 0.5) is 10.1 Å². The highest BCUT2D eigenvalue weighted by atomic mass is 19.1. The van der Waals surface area contributed by atoms with Crippen molar-refractivity contribution in [2.24, 2.45) is 0 Å². The predicted molar refractivity (Wildman–Crippen MR) is 98.7 cm³/mol. The molecule has 6 heteroatoms. The number of aromatic amines is 1. The maximum Gasteiger partial charge on any atom is 0.279 e. The molecule has 1 amide bonds. The maximum absolute atomic E-state index is 13.2. The molecule has 3 N–H and O–H groups in total. The molecule has 3 aromatic rings. The number of piperidine rings is 1. The molecule has 2 heterocycles. The second-order valence-electron chi connectivity index (χ2n) is 6.92. The number of para-hydroxylation sites is 2. The standard InChI is InChI=1S/C20H21FN4O/c21-15-6-3-7-16(11-15)22-19(26)13-25-10-4-5-14(12-25)20-23-17-8-1-2-9-18(17)24-20/h1-3,6-9,11,14H,4-5,10,12-13H2,(H,22,26)(H,23,24)/p+1/t14-/m0/s1. The number of rotatable bonds is 4. The highest BCUT2D eigenvalue weighted by Crippen LogP contribution is 2.22. The zero-order chi connectivity index (χ0) is 17.9. The molecule has 1 saturated heterocycles. The third-order valence-electron chi connectivity index (χ3n) is 4.93. The minimum atomic E-state index is -0.349. The molecule has 5 nitrogen and oxygen atoms in total. The van der Waals surface area contributed by atoms with Crippen molar-refractivity contribution >= 4 is 22.6 Å². The Morgan fingerprint density at radius 1 is 1.27 bits per heavy atom. The van der Waals surface area contributed by atoms with Gasteiger partial charge >= 0.3 is 0 Å². The lowest BCUT2D eigenvalue weighted by Gasteiger charge is -2.28. The number of fused-ring (bicyclic) bond motifs is 1. The number of hydrogen-bond acceptors (Lipinski definition) is 2. The Hall–Kier alpha value is -2.73. The molecule has 0 aliphatic carbocycles. The van der Waals surface area contributed by atoms with Crippen LogP contribution in [0.1, 0.15) is 24.6 Å². The number of likely N-dealkylation sites (tertiary alicyclic amines) is 1. The topological polar surface area (TPSA) is 62.2 Å². The zero-order valence-electron chi connectivity index (χ0n) is 14.5. The highest BCUT2D eigenvalue weighted by Gasteiger charge is 2.28. The van der Waals surface area contributed by atoms with Gasteiger partial charge in [0.15, 0.2) is 6.54 Å². The summed E-state index contributed by atoms with van der Waals surface area (Å²) in [5, 5.41) is 2.78. The van der Waals surface area contributed by atoms with Crippen molar-refractivity contribution in [3.8, 4) is 0 Å². The Bertz CT molecular complexity index is 890. The Morgan fingerprint density at radius 3 is 3.00 bits per heavy atom. The van der Waals surface area contributed by atoms with Gasteiger partial charge in [-0.25, -0.2) is 9.37 Å². The molecule has 1 unspecified atom stereocenters. The molecule has 1 fully saturated rings. The van der Waals surface area contributed by atoms with E-state index in [4.69, 9.17) is 4.98 Å². The van der Waals surface area contributed by atoms with Gasteiger partial charge in [0.25, 0.3) is 5.91 Å². The number of carbonyl (C=O) groups excluding carboxylic acids is 1. The SMILES string of the molecule is O=C(C[NH+]1CCC[C@H](c2nc3ccccc3[nH]2)C1)Nc1cccc(F)c1. The molecular formula is C20H22FN4O+. The van der Waals surface area contributed by atoms with Gasteiger partial charge in [-0.1, -0.05) is 18.2 Å². The van der Waals surface area contributed by atoms with E-state index in [1.165, 1.54) is 17.0 Å². The summed E-state index contributed by atoms with van der Waals surface area (Å²) in [7, 11) is 0. The van der Waals surface area contributed by atoms with Gasteiger partial charge in [0.2, 0.25) is 0 Å². The summed E-state index contributed by atoms with van der Waals surface area (Å²) in [5.41, 5.74) is 2.54. The fourth-order valence-corrected chi connectivity index (χ4v) is 3.71. The lowest BCUT2D eigenvalue weighted by molar-refractivity contribution is -0.898. The van der Waals surface area contributed by atoms with Crippen molar-refractivity contribution in [3.63, 3.8) is 0 Å². The van der Waals surface area contributed by atoms with Crippen LogP contribution in [-0.4, -0.2) is 35.5 Å². The average molecular weight is 353 g/mol. The van der Waals surface area contributed by atoms with Crippen molar-refractivity contribution in [3.05, 3.63) is 60.2 Å². The van der Waals surface area contributed by atoms with Gasteiger partial charge in [-0.2, -0.15) is 0 Å². The summed E-state index contributed by atoms with van der Waals surface area (Å²) in [6.07, 6.45) is 2.14. The van der Waals surface area contributed by atoms with Crippen LogP contribution >= 0.6 is 0 Å². The minimum Gasteiger partial charge on any atom is -0.342 e. The van der Waals surface area contributed by atoms with Crippen molar-refractivity contribution < 1.29 is 14.1 Å². The first-order valence-electron chi connectivity index (χ1n) is 9.01. The van der Waals surface area contributed by atoms with Gasteiger partial charge in [-0.15, -0.1) is 0 Å². The number of anilines is 1. The Balaban J connectivity index is 1.39. The van der Waals surface area contributed by atoms with Crippen molar-refractivity contribution in [2.75, 3.05) is 25.0 Å². The minimum absolute atomic E-state index is 0.0872. The van der Waals surface area contributed by atoms with Crippen molar-refractivity contribution in [1.29, 1.82) is 0 Å². The molecule has 1 aromatic heterocycles. The molecular weight excluding hydrogens is 331 g/mol. The molecule has 0 bridgehead atoms. The third kappa shape index (κ3) is 3.75. The van der Waals surface area contributed by atoms with E-state index in [1.807, 2.05) is 24.3 Å². The average Bonchev–Trinajstić information content (AvgIpc) is 3.06.